The number of amides is 1. The molecule has 0 aliphatic carbocycles. The first-order valence-corrected chi connectivity index (χ1v) is 10.8. The van der Waals surface area contributed by atoms with Crippen molar-refractivity contribution in [1.82, 2.24) is 25.1 Å². The summed E-state index contributed by atoms with van der Waals surface area (Å²) in [6.45, 7) is 2.52. The topological polar surface area (TPSA) is 78.8 Å². The molecule has 7 nitrogen and oxygen atoms in total. The average molecular weight is 450 g/mol. The maximum Gasteiger partial charge on any atom is 0.264 e. The number of alkyl halides is 2. The van der Waals surface area contributed by atoms with Gasteiger partial charge in [0.2, 0.25) is 0 Å². The summed E-state index contributed by atoms with van der Waals surface area (Å²) in [6, 6.07) is 5.30. The zero-order valence-corrected chi connectivity index (χ0v) is 18.6. The van der Waals surface area contributed by atoms with E-state index in [0.717, 1.165) is 40.7 Å². The number of anilines is 2. The average Bonchev–Trinajstić information content (AvgIpc) is 3.43. The number of fused-ring (bicyclic) bond motifs is 2. The number of rotatable bonds is 4. The number of pyridine rings is 1. The summed E-state index contributed by atoms with van der Waals surface area (Å²) >= 11 is 0. The lowest BCUT2D eigenvalue weighted by atomic mass is 9.93. The van der Waals surface area contributed by atoms with E-state index in [2.05, 4.69) is 15.4 Å². The molecular formula is C24H24F2N6O. The summed E-state index contributed by atoms with van der Waals surface area (Å²) in [7, 11) is 3.35. The van der Waals surface area contributed by atoms with E-state index in [1.165, 1.54) is 0 Å². The fourth-order valence-electron chi connectivity index (χ4n) is 4.61. The quantitative estimate of drug-likeness (QED) is 0.474. The minimum absolute atomic E-state index is 0.0286. The van der Waals surface area contributed by atoms with Crippen LogP contribution in [0.15, 0.2) is 36.8 Å². The number of benzene rings is 1. The van der Waals surface area contributed by atoms with Crippen LogP contribution in [0, 0.1) is 6.92 Å². The lowest BCUT2D eigenvalue weighted by Crippen LogP contribution is -2.26. The number of hydrogen-bond donors (Lipinski definition) is 2. The zero-order chi connectivity index (χ0) is 23.3. The van der Waals surface area contributed by atoms with Gasteiger partial charge in [-0.15, -0.1) is 0 Å². The molecule has 0 saturated heterocycles. The van der Waals surface area contributed by atoms with Gasteiger partial charge < -0.3 is 15.2 Å². The molecule has 0 unspecified atom stereocenters. The van der Waals surface area contributed by atoms with E-state index < -0.39 is 6.43 Å². The van der Waals surface area contributed by atoms with Crippen molar-refractivity contribution in [2.45, 2.75) is 26.2 Å². The number of carbonyl (C=O) groups excluding carboxylic acids is 1. The van der Waals surface area contributed by atoms with Gasteiger partial charge in [-0.2, -0.15) is 5.10 Å². The van der Waals surface area contributed by atoms with E-state index in [1.807, 2.05) is 24.0 Å². The largest absolute Gasteiger partial charge is 0.359 e. The standard InChI is InChI=1S/C24H24F2N6O/c1-13-22-17(19(11-28-22)24(33)27-2)9-21(30-13)32-6-4-5-14-7-16(15-10-29-31(3)12-15)18(23(25)26)8-20(14)32/h7-12,23,28H,4-6H2,1-3H3,(H,27,33). The number of hydrogen-bond acceptors (Lipinski definition) is 4. The van der Waals surface area contributed by atoms with Crippen LogP contribution in [0.3, 0.4) is 0 Å². The van der Waals surface area contributed by atoms with Crippen LogP contribution in [0.25, 0.3) is 22.0 Å². The van der Waals surface area contributed by atoms with Crippen molar-refractivity contribution in [3.05, 3.63) is 59.2 Å². The third-order valence-electron chi connectivity index (χ3n) is 6.21. The van der Waals surface area contributed by atoms with Gasteiger partial charge >= 0.3 is 0 Å². The van der Waals surface area contributed by atoms with Crippen LogP contribution < -0.4 is 10.2 Å². The summed E-state index contributed by atoms with van der Waals surface area (Å²) in [6.07, 6.45) is 4.05. The van der Waals surface area contributed by atoms with Gasteiger partial charge in [0.05, 0.1) is 23.0 Å². The molecule has 33 heavy (non-hydrogen) atoms. The summed E-state index contributed by atoms with van der Waals surface area (Å²) in [4.78, 5) is 22.2. The molecule has 1 aromatic carbocycles. The van der Waals surface area contributed by atoms with Crippen LogP contribution >= 0.6 is 0 Å². The number of aromatic nitrogens is 4. The number of aromatic amines is 1. The van der Waals surface area contributed by atoms with Crippen LogP contribution in [0.2, 0.25) is 0 Å². The van der Waals surface area contributed by atoms with Crippen LogP contribution in [0.4, 0.5) is 20.3 Å². The summed E-state index contributed by atoms with van der Waals surface area (Å²) < 4.78 is 29.9. The van der Waals surface area contributed by atoms with E-state index in [9.17, 15) is 13.6 Å². The molecule has 170 valence electrons. The molecule has 4 aromatic rings. The number of aryl methyl sites for hydroxylation is 3. The first-order valence-electron chi connectivity index (χ1n) is 10.8. The lowest BCUT2D eigenvalue weighted by molar-refractivity contribution is 0.0964. The number of nitrogens with zero attached hydrogens (tertiary/aromatic N) is 4. The van der Waals surface area contributed by atoms with Gasteiger partial charge in [0.15, 0.2) is 0 Å². The van der Waals surface area contributed by atoms with Crippen molar-refractivity contribution in [2.24, 2.45) is 7.05 Å². The second kappa shape index (κ2) is 7.99. The molecule has 0 atom stereocenters. The highest BCUT2D eigenvalue weighted by atomic mass is 19.3. The zero-order valence-electron chi connectivity index (χ0n) is 18.6. The lowest BCUT2D eigenvalue weighted by Gasteiger charge is -2.32. The van der Waals surface area contributed by atoms with E-state index in [-0.39, 0.29) is 11.5 Å². The molecule has 5 rings (SSSR count). The molecule has 4 heterocycles. The molecule has 2 N–H and O–H groups in total. The van der Waals surface area contributed by atoms with Gasteiger partial charge in [-0.25, -0.2) is 13.8 Å². The van der Waals surface area contributed by atoms with Gasteiger partial charge in [0, 0.05) is 55.2 Å². The van der Waals surface area contributed by atoms with Crippen LogP contribution in [-0.4, -0.2) is 39.2 Å². The maximum absolute atomic E-state index is 14.1. The third-order valence-corrected chi connectivity index (χ3v) is 6.21. The predicted octanol–water partition coefficient (Wildman–Crippen LogP) is 4.65. The fourth-order valence-corrected chi connectivity index (χ4v) is 4.61. The van der Waals surface area contributed by atoms with Crippen LogP contribution in [-0.2, 0) is 13.5 Å². The molecule has 9 heteroatoms. The predicted molar refractivity (Wildman–Crippen MR) is 123 cm³/mol. The molecule has 1 aliphatic heterocycles. The summed E-state index contributed by atoms with van der Waals surface area (Å²) in [5.74, 6) is 0.443. The normalized spacial score (nSPS) is 13.6. The van der Waals surface area contributed by atoms with E-state index in [4.69, 9.17) is 4.98 Å². The number of halogens is 2. The Labute approximate surface area is 189 Å². The molecule has 0 spiro atoms. The van der Waals surface area contributed by atoms with Crippen molar-refractivity contribution in [1.29, 1.82) is 0 Å². The summed E-state index contributed by atoms with van der Waals surface area (Å²) in [5.41, 5.74) is 4.92. The molecule has 0 bridgehead atoms. The monoisotopic (exact) mass is 450 g/mol. The Morgan fingerprint density at radius 3 is 2.79 bits per heavy atom. The second-order valence-corrected chi connectivity index (χ2v) is 8.30. The van der Waals surface area contributed by atoms with Crippen molar-refractivity contribution < 1.29 is 13.6 Å². The van der Waals surface area contributed by atoms with Crippen molar-refractivity contribution >= 4 is 28.3 Å². The highest BCUT2D eigenvalue weighted by Gasteiger charge is 2.26. The molecule has 0 radical (unpaired) electrons. The Morgan fingerprint density at radius 1 is 1.27 bits per heavy atom. The SMILES string of the molecule is CNC(=O)c1c[nH]c2c(C)nc(N3CCCc4cc(-c5cnn(C)c5)c(C(F)F)cc43)cc12. The Morgan fingerprint density at radius 2 is 2.09 bits per heavy atom. The maximum atomic E-state index is 14.1. The highest BCUT2D eigenvalue weighted by Crippen LogP contribution is 2.41. The van der Waals surface area contributed by atoms with Gasteiger partial charge in [0.25, 0.3) is 12.3 Å². The van der Waals surface area contributed by atoms with Gasteiger partial charge in [0.1, 0.15) is 5.82 Å². The minimum atomic E-state index is -2.63. The first kappa shape index (κ1) is 21.1. The number of carbonyl (C=O) groups is 1. The van der Waals surface area contributed by atoms with Gasteiger partial charge in [-0.3, -0.25) is 9.48 Å². The Kier molecular flexibility index (Phi) is 5.11. The second-order valence-electron chi connectivity index (χ2n) is 8.30. The van der Waals surface area contributed by atoms with Crippen molar-refractivity contribution in [3.63, 3.8) is 0 Å². The van der Waals surface area contributed by atoms with Crippen LogP contribution in [0.1, 0.15) is 40.0 Å². The van der Waals surface area contributed by atoms with Crippen LogP contribution in [0.5, 0.6) is 0 Å². The molecule has 3 aromatic heterocycles. The highest BCUT2D eigenvalue weighted by molar-refractivity contribution is 6.07. The first-order chi connectivity index (χ1) is 15.9. The van der Waals surface area contributed by atoms with Crippen molar-refractivity contribution in [2.75, 3.05) is 18.5 Å². The summed E-state index contributed by atoms with van der Waals surface area (Å²) in [5, 5.41) is 7.56. The molecule has 0 fully saturated rings. The Hall–Kier alpha value is -3.75. The number of nitrogens with one attached hydrogen (secondary N) is 2. The molecule has 1 amide bonds. The van der Waals surface area contributed by atoms with E-state index in [0.29, 0.717) is 29.1 Å². The Bertz CT molecular complexity index is 1370. The third kappa shape index (κ3) is 3.53. The van der Waals surface area contributed by atoms with Crippen molar-refractivity contribution in [3.8, 4) is 11.1 Å². The smallest absolute Gasteiger partial charge is 0.264 e. The minimum Gasteiger partial charge on any atom is -0.359 e. The Balaban J connectivity index is 1.66. The molecular weight excluding hydrogens is 426 g/mol. The van der Waals surface area contributed by atoms with E-state index in [1.54, 1.807) is 43.4 Å². The van der Waals surface area contributed by atoms with Gasteiger partial charge in [-0.1, -0.05) is 0 Å². The number of H-pyrrole nitrogens is 1. The van der Waals surface area contributed by atoms with Gasteiger partial charge in [-0.05, 0) is 49.1 Å². The van der Waals surface area contributed by atoms with E-state index >= 15 is 0 Å². The molecule has 1 aliphatic rings. The molecule has 0 saturated carbocycles. The fraction of sp³-hybridized carbons (Fsp3) is 0.292.